The van der Waals surface area contributed by atoms with E-state index >= 15 is 0 Å². The molecule has 1 aliphatic heterocycles. The van der Waals surface area contributed by atoms with Gasteiger partial charge in [-0.15, -0.1) is 11.3 Å². The minimum absolute atomic E-state index is 0.518. The molecular formula is C35H35ClN4OS. The van der Waals surface area contributed by atoms with E-state index < -0.39 is 0 Å². The predicted octanol–water partition coefficient (Wildman–Crippen LogP) is 9.30. The van der Waals surface area contributed by atoms with Gasteiger partial charge in [0.2, 0.25) is 0 Å². The summed E-state index contributed by atoms with van der Waals surface area (Å²) in [6.45, 7) is 6.43. The summed E-state index contributed by atoms with van der Waals surface area (Å²) in [5.74, 6) is 2.09. The molecule has 6 rings (SSSR count). The quantitative estimate of drug-likeness (QED) is 0.162. The smallest absolute Gasteiger partial charge is 0.127 e. The van der Waals surface area contributed by atoms with Crippen molar-refractivity contribution in [3.05, 3.63) is 99.5 Å². The lowest BCUT2D eigenvalue weighted by atomic mass is 9.97. The van der Waals surface area contributed by atoms with Crippen LogP contribution in [0.3, 0.4) is 0 Å². The van der Waals surface area contributed by atoms with Crippen molar-refractivity contribution in [1.82, 2.24) is 14.5 Å². The van der Waals surface area contributed by atoms with Crippen molar-refractivity contribution in [2.24, 2.45) is 0 Å². The first-order chi connectivity index (χ1) is 20.6. The van der Waals surface area contributed by atoms with Gasteiger partial charge in [-0.2, -0.15) is 5.26 Å². The number of hydrogen-bond donors (Lipinski definition) is 0. The predicted molar refractivity (Wildman–Crippen MR) is 173 cm³/mol. The molecule has 0 atom stereocenters. The topological polar surface area (TPSA) is 54.1 Å². The number of rotatable bonds is 10. The Bertz CT molecular complexity index is 1680. The van der Waals surface area contributed by atoms with E-state index in [1.807, 2.05) is 59.9 Å². The molecule has 0 bridgehead atoms. The fourth-order valence-electron chi connectivity index (χ4n) is 5.71. The molecule has 0 spiro atoms. The Morgan fingerprint density at radius 2 is 1.71 bits per heavy atom. The number of aryl methyl sites for hydroxylation is 1. The average molecular weight is 595 g/mol. The molecule has 3 heterocycles. The molecule has 5 nitrogen and oxygen atoms in total. The van der Waals surface area contributed by atoms with Gasteiger partial charge in [-0.1, -0.05) is 24.9 Å². The summed E-state index contributed by atoms with van der Waals surface area (Å²) in [7, 11) is 0. The monoisotopic (exact) mass is 594 g/mol. The van der Waals surface area contributed by atoms with E-state index in [1.54, 1.807) is 0 Å². The van der Waals surface area contributed by atoms with Crippen molar-refractivity contribution in [1.29, 1.82) is 5.26 Å². The third-order valence-corrected chi connectivity index (χ3v) is 9.67. The van der Waals surface area contributed by atoms with Gasteiger partial charge in [-0.25, -0.2) is 4.98 Å². The normalized spacial score (nSPS) is 14.3. The fourth-order valence-corrected chi connectivity index (χ4v) is 7.14. The molecule has 0 amide bonds. The minimum atomic E-state index is 0.518. The molecule has 3 aromatic carbocycles. The number of halogens is 1. The van der Waals surface area contributed by atoms with Crippen LogP contribution in [0.15, 0.2) is 79.0 Å². The molecule has 0 N–H and O–H groups in total. The molecule has 1 aliphatic rings. The Morgan fingerprint density at radius 1 is 0.976 bits per heavy atom. The van der Waals surface area contributed by atoms with E-state index in [0.717, 1.165) is 73.6 Å². The number of thiazole rings is 1. The van der Waals surface area contributed by atoms with Gasteiger partial charge in [-0.3, -0.25) is 0 Å². The number of nitriles is 1. The van der Waals surface area contributed by atoms with Gasteiger partial charge in [-0.05, 0) is 112 Å². The lowest BCUT2D eigenvalue weighted by molar-refractivity contribution is 0.206. The largest absolute Gasteiger partial charge is 0.457 e. The lowest BCUT2D eigenvalue weighted by Gasteiger charge is -2.31. The van der Waals surface area contributed by atoms with E-state index in [0.29, 0.717) is 16.5 Å². The molecule has 214 valence electrons. The van der Waals surface area contributed by atoms with Crippen LogP contribution in [-0.2, 0) is 13.0 Å². The van der Waals surface area contributed by atoms with E-state index in [2.05, 4.69) is 52.9 Å². The maximum Gasteiger partial charge on any atom is 0.127 e. The first kappa shape index (κ1) is 28.5. The van der Waals surface area contributed by atoms with E-state index in [9.17, 15) is 5.26 Å². The Labute approximate surface area is 257 Å². The zero-order valence-corrected chi connectivity index (χ0v) is 25.5. The van der Waals surface area contributed by atoms with Crippen LogP contribution in [0.5, 0.6) is 11.5 Å². The van der Waals surface area contributed by atoms with Crippen LogP contribution in [0.4, 0.5) is 0 Å². The van der Waals surface area contributed by atoms with Gasteiger partial charge in [0.25, 0.3) is 0 Å². The SMILES string of the molecule is CCCCc1sc(C2CCN(CCn3ccc4cc(C#N)ccc43)CC2)nc1-c1ccc(Oc2ccc(Cl)cc2)cc1. The summed E-state index contributed by atoms with van der Waals surface area (Å²) in [5, 5.41) is 12.3. The van der Waals surface area contributed by atoms with Gasteiger partial charge in [0.05, 0.1) is 22.3 Å². The zero-order chi connectivity index (χ0) is 28.9. The van der Waals surface area contributed by atoms with Crippen molar-refractivity contribution in [2.45, 2.75) is 51.5 Å². The Balaban J connectivity index is 1.09. The van der Waals surface area contributed by atoms with Crippen molar-refractivity contribution < 1.29 is 4.74 Å². The molecule has 0 radical (unpaired) electrons. The Morgan fingerprint density at radius 3 is 2.43 bits per heavy atom. The molecule has 5 aromatic rings. The van der Waals surface area contributed by atoms with Gasteiger partial charge in [0, 0.05) is 51.6 Å². The van der Waals surface area contributed by atoms with Gasteiger partial charge < -0.3 is 14.2 Å². The summed E-state index contributed by atoms with van der Waals surface area (Å²) in [6, 6.07) is 26.0. The summed E-state index contributed by atoms with van der Waals surface area (Å²) >= 11 is 7.93. The molecule has 2 aromatic heterocycles. The highest BCUT2D eigenvalue weighted by Crippen LogP contribution is 2.38. The van der Waals surface area contributed by atoms with Crippen molar-refractivity contribution in [2.75, 3.05) is 19.6 Å². The van der Waals surface area contributed by atoms with Gasteiger partial charge in [0.15, 0.2) is 0 Å². The molecule has 0 saturated carbocycles. The Kier molecular flexibility index (Phi) is 8.90. The molecular weight excluding hydrogens is 560 g/mol. The van der Waals surface area contributed by atoms with Gasteiger partial charge in [0.1, 0.15) is 11.5 Å². The standard InChI is InChI=1S/C35H35ClN4OS/c1-2-3-4-33-34(26-6-10-30(11-7-26)41-31-12-8-29(36)9-13-31)38-35(42-33)27-15-18-39(19-16-27)21-22-40-20-17-28-23-25(24-37)5-14-32(28)40/h5-14,17,20,23,27H,2-4,15-16,18-19,21-22H2,1H3. The van der Waals surface area contributed by atoms with Crippen LogP contribution in [0.25, 0.3) is 22.2 Å². The number of fused-ring (bicyclic) bond motifs is 1. The molecule has 0 aliphatic carbocycles. The molecule has 1 fully saturated rings. The number of aromatic nitrogens is 2. The number of likely N-dealkylation sites (tertiary alicyclic amines) is 1. The second-order valence-corrected chi connectivity index (χ2v) is 12.6. The van der Waals surface area contributed by atoms with E-state index in [4.69, 9.17) is 21.3 Å². The van der Waals surface area contributed by atoms with Crippen LogP contribution in [0.1, 0.15) is 54.0 Å². The van der Waals surface area contributed by atoms with E-state index in [-0.39, 0.29) is 0 Å². The highest BCUT2D eigenvalue weighted by molar-refractivity contribution is 7.12. The maximum atomic E-state index is 9.18. The maximum absolute atomic E-state index is 9.18. The van der Waals surface area contributed by atoms with Crippen LogP contribution in [-0.4, -0.2) is 34.1 Å². The first-order valence-corrected chi connectivity index (χ1v) is 16.0. The number of hydrogen-bond acceptors (Lipinski definition) is 5. The zero-order valence-electron chi connectivity index (χ0n) is 23.9. The summed E-state index contributed by atoms with van der Waals surface area (Å²) in [6.07, 6.45) is 7.86. The highest BCUT2D eigenvalue weighted by Gasteiger charge is 2.25. The van der Waals surface area contributed by atoms with Gasteiger partial charge >= 0.3 is 0 Å². The lowest BCUT2D eigenvalue weighted by Crippen LogP contribution is -2.35. The van der Waals surface area contributed by atoms with Crippen LogP contribution in [0.2, 0.25) is 5.02 Å². The van der Waals surface area contributed by atoms with Crippen molar-refractivity contribution in [3.63, 3.8) is 0 Å². The van der Waals surface area contributed by atoms with Crippen LogP contribution in [0, 0.1) is 11.3 Å². The molecule has 1 saturated heterocycles. The number of unbranched alkanes of at least 4 members (excludes halogenated alkanes) is 1. The highest BCUT2D eigenvalue weighted by atomic mass is 35.5. The number of benzene rings is 3. The van der Waals surface area contributed by atoms with Crippen molar-refractivity contribution in [3.8, 4) is 28.8 Å². The molecule has 42 heavy (non-hydrogen) atoms. The second-order valence-electron chi connectivity index (χ2n) is 11.0. The summed E-state index contributed by atoms with van der Waals surface area (Å²) < 4.78 is 8.32. The minimum Gasteiger partial charge on any atom is -0.457 e. The van der Waals surface area contributed by atoms with Crippen molar-refractivity contribution >= 4 is 33.8 Å². The van der Waals surface area contributed by atoms with Crippen LogP contribution >= 0.6 is 22.9 Å². The summed E-state index contributed by atoms with van der Waals surface area (Å²) in [4.78, 5) is 9.24. The number of piperidine rings is 1. The third-order valence-electron chi connectivity index (χ3n) is 8.14. The number of nitrogens with zero attached hydrogens (tertiary/aromatic N) is 4. The van der Waals surface area contributed by atoms with E-state index in [1.165, 1.54) is 28.2 Å². The molecule has 0 unspecified atom stereocenters. The number of ether oxygens (including phenoxy) is 1. The average Bonchev–Trinajstić information content (AvgIpc) is 3.64. The van der Waals surface area contributed by atoms with Crippen LogP contribution < -0.4 is 4.74 Å². The fraction of sp³-hybridized carbons (Fsp3) is 0.314. The third kappa shape index (κ3) is 6.55. The second kappa shape index (κ2) is 13.1. The summed E-state index contributed by atoms with van der Waals surface area (Å²) in [5.41, 5.74) is 4.21. The molecule has 7 heteroatoms. The Hall–Kier alpha value is -3.63. The first-order valence-electron chi connectivity index (χ1n) is 14.8.